The average Bonchev–Trinajstić information content (AvgIpc) is 2.40. The second kappa shape index (κ2) is 4.91. The molecule has 0 saturated heterocycles. The summed E-state index contributed by atoms with van der Waals surface area (Å²) in [6.07, 6.45) is 0. The van der Waals surface area contributed by atoms with Crippen LogP contribution in [0.4, 0.5) is 0 Å². The van der Waals surface area contributed by atoms with Crippen LogP contribution in [0.1, 0.15) is 5.56 Å². The van der Waals surface area contributed by atoms with Gasteiger partial charge < -0.3 is 9.47 Å². The van der Waals surface area contributed by atoms with Crippen molar-refractivity contribution >= 4 is 0 Å². The van der Waals surface area contributed by atoms with Gasteiger partial charge in [0.05, 0.1) is 14.2 Å². The van der Waals surface area contributed by atoms with E-state index in [0.29, 0.717) is 0 Å². The third-order valence-corrected chi connectivity index (χ3v) is 2.86. The molecule has 0 fully saturated rings. The Morgan fingerprint density at radius 1 is 0.765 bits per heavy atom. The lowest BCUT2D eigenvalue weighted by Crippen LogP contribution is -1.93. The molecule has 2 nitrogen and oxygen atoms in total. The van der Waals surface area contributed by atoms with Crippen LogP contribution in [0.25, 0.3) is 11.1 Å². The second-order valence-electron chi connectivity index (χ2n) is 3.87. The monoisotopic (exact) mass is 228 g/mol. The molecular formula is C15H16O2. The van der Waals surface area contributed by atoms with Crippen LogP contribution in [0.3, 0.4) is 0 Å². The van der Waals surface area contributed by atoms with E-state index in [-0.39, 0.29) is 0 Å². The highest BCUT2D eigenvalue weighted by atomic mass is 16.5. The van der Waals surface area contributed by atoms with Gasteiger partial charge in [-0.05, 0) is 30.2 Å². The maximum absolute atomic E-state index is 5.37. The van der Waals surface area contributed by atoms with Crippen molar-refractivity contribution in [3.8, 4) is 22.6 Å². The van der Waals surface area contributed by atoms with Gasteiger partial charge in [0.25, 0.3) is 0 Å². The van der Waals surface area contributed by atoms with Crippen LogP contribution in [0, 0.1) is 6.92 Å². The van der Waals surface area contributed by atoms with E-state index in [4.69, 9.17) is 9.47 Å². The number of hydrogen-bond donors (Lipinski definition) is 0. The normalized spacial score (nSPS) is 10.1. The van der Waals surface area contributed by atoms with Gasteiger partial charge in [-0.3, -0.25) is 0 Å². The van der Waals surface area contributed by atoms with Crippen molar-refractivity contribution < 1.29 is 9.47 Å². The molecule has 2 rings (SSSR count). The van der Waals surface area contributed by atoms with Crippen LogP contribution in [-0.2, 0) is 0 Å². The first kappa shape index (κ1) is 11.5. The highest BCUT2D eigenvalue weighted by Crippen LogP contribution is 2.34. The van der Waals surface area contributed by atoms with Crippen molar-refractivity contribution in [2.75, 3.05) is 14.2 Å². The second-order valence-corrected chi connectivity index (χ2v) is 3.87. The quantitative estimate of drug-likeness (QED) is 0.797. The van der Waals surface area contributed by atoms with Crippen LogP contribution in [0.15, 0.2) is 42.5 Å². The van der Waals surface area contributed by atoms with Gasteiger partial charge in [-0.25, -0.2) is 0 Å². The van der Waals surface area contributed by atoms with Crippen LogP contribution in [0.2, 0.25) is 0 Å². The topological polar surface area (TPSA) is 18.5 Å². The van der Waals surface area contributed by atoms with Crippen molar-refractivity contribution in [2.24, 2.45) is 0 Å². The fourth-order valence-electron chi connectivity index (χ4n) is 1.88. The SMILES string of the molecule is COc1cc(-c2ccccc2)cc(OC)c1C. The Morgan fingerprint density at radius 3 is 1.76 bits per heavy atom. The predicted octanol–water partition coefficient (Wildman–Crippen LogP) is 3.68. The molecule has 0 spiro atoms. The zero-order valence-corrected chi connectivity index (χ0v) is 10.4. The van der Waals surface area contributed by atoms with Crippen molar-refractivity contribution in [1.29, 1.82) is 0 Å². The Bertz CT molecular complexity index is 479. The Morgan fingerprint density at radius 2 is 1.29 bits per heavy atom. The van der Waals surface area contributed by atoms with Gasteiger partial charge in [0.1, 0.15) is 11.5 Å². The molecule has 0 aromatic heterocycles. The summed E-state index contributed by atoms with van der Waals surface area (Å²) in [4.78, 5) is 0. The summed E-state index contributed by atoms with van der Waals surface area (Å²) in [5.74, 6) is 1.70. The van der Waals surface area contributed by atoms with Gasteiger partial charge in [0, 0.05) is 5.56 Å². The number of hydrogen-bond acceptors (Lipinski definition) is 2. The standard InChI is InChI=1S/C15H16O2/c1-11-14(16-2)9-13(10-15(11)17-3)12-7-5-4-6-8-12/h4-10H,1-3H3. The number of rotatable bonds is 3. The fourth-order valence-corrected chi connectivity index (χ4v) is 1.88. The highest BCUT2D eigenvalue weighted by molar-refractivity contribution is 5.69. The molecule has 0 aliphatic heterocycles. The van der Waals surface area contributed by atoms with Crippen LogP contribution in [-0.4, -0.2) is 14.2 Å². The van der Waals surface area contributed by atoms with Gasteiger partial charge in [-0.15, -0.1) is 0 Å². The van der Waals surface area contributed by atoms with Crippen molar-refractivity contribution in [3.05, 3.63) is 48.0 Å². The first-order valence-corrected chi connectivity index (χ1v) is 5.54. The third-order valence-electron chi connectivity index (χ3n) is 2.86. The summed E-state index contributed by atoms with van der Waals surface area (Å²) in [6, 6.07) is 14.3. The van der Waals surface area contributed by atoms with Crippen molar-refractivity contribution in [2.45, 2.75) is 6.92 Å². The van der Waals surface area contributed by atoms with Gasteiger partial charge in [0.2, 0.25) is 0 Å². The zero-order chi connectivity index (χ0) is 12.3. The van der Waals surface area contributed by atoms with Gasteiger partial charge in [-0.2, -0.15) is 0 Å². The maximum Gasteiger partial charge on any atom is 0.126 e. The maximum atomic E-state index is 5.37. The van der Waals surface area contributed by atoms with E-state index in [9.17, 15) is 0 Å². The Kier molecular flexibility index (Phi) is 3.33. The molecule has 0 atom stereocenters. The van der Waals surface area contributed by atoms with E-state index in [2.05, 4.69) is 12.1 Å². The molecule has 0 unspecified atom stereocenters. The Hall–Kier alpha value is -1.96. The van der Waals surface area contributed by atoms with Gasteiger partial charge in [0.15, 0.2) is 0 Å². The van der Waals surface area contributed by atoms with E-state index < -0.39 is 0 Å². The third kappa shape index (κ3) is 2.26. The summed E-state index contributed by atoms with van der Waals surface area (Å²) < 4.78 is 10.7. The smallest absolute Gasteiger partial charge is 0.126 e. The molecule has 2 aromatic carbocycles. The summed E-state index contributed by atoms with van der Waals surface area (Å²) >= 11 is 0. The largest absolute Gasteiger partial charge is 0.496 e. The van der Waals surface area contributed by atoms with E-state index in [0.717, 1.165) is 28.2 Å². The fraction of sp³-hybridized carbons (Fsp3) is 0.200. The van der Waals surface area contributed by atoms with Crippen LogP contribution >= 0.6 is 0 Å². The molecule has 0 amide bonds. The van der Waals surface area contributed by atoms with Gasteiger partial charge >= 0.3 is 0 Å². The van der Waals surface area contributed by atoms with Crippen LogP contribution in [0.5, 0.6) is 11.5 Å². The molecule has 2 aromatic rings. The molecule has 0 bridgehead atoms. The van der Waals surface area contributed by atoms with E-state index in [1.165, 1.54) is 0 Å². The molecule has 0 saturated carbocycles. The molecule has 17 heavy (non-hydrogen) atoms. The molecule has 88 valence electrons. The van der Waals surface area contributed by atoms with Gasteiger partial charge in [-0.1, -0.05) is 30.3 Å². The number of ether oxygens (including phenoxy) is 2. The lowest BCUT2D eigenvalue weighted by atomic mass is 10.0. The predicted molar refractivity (Wildman–Crippen MR) is 69.7 cm³/mol. The first-order chi connectivity index (χ1) is 8.26. The number of methoxy groups -OCH3 is 2. The first-order valence-electron chi connectivity index (χ1n) is 5.54. The summed E-state index contributed by atoms with van der Waals surface area (Å²) in [5.41, 5.74) is 3.28. The molecule has 0 radical (unpaired) electrons. The molecule has 2 heteroatoms. The zero-order valence-electron chi connectivity index (χ0n) is 10.4. The van der Waals surface area contributed by atoms with E-state index >= 15 is 0 Å². The summed E-state index contributed by atoms with van der Waals surface area (Å²) in [6.45, 7) is 1.99. The number of benzene rings is 2. The average molecular weight is 228 g/mol. The van der Waals surface area contributed by atoms with E-state index in [1.807, 2.05) is 37.3 Å². The van der Waals surface area contributed by atoms with Crippen LogP contribution < -0.4 is 9.47 Å². The molecule has 0 aliphatic rings. The Balaban J connectivity index is 2.56. The molecule has 0 N–H and O–H groups in total. The molecule has 0 aliphatic carbocycles. The lowest BCUT2D eigenvalue weighted by Gasteiger charge is -2.12. The van der Waals surface area contributed by atoms with E-state index in [1.54, 1.807) is 14.2 Å². The summed E-state index contributed by atoms with van der Waals surface area (Å²) in [5, 5.41) is 0. The summed E-state index contributed by atoms with van der Waals surface area (Å²) in [7, 11) is 3.35. The van der Waals surface area contributed by atoms with Crippen molar-refractivity contribution in [3.63, 3.8) is 0 Å². The minimum atomic E-state index is 0.850. The highest BCUT2D eigenvalue weighted by Gasteiger charge is 2.09. The molecular weight excluding hydrogens is 212 g/mol. The Labute approximate surface area is 102 Å². The minimum Gasteiger partial charge on any atom is -0.496 e. The van der Waals surface area contributed by atoms with Crippen molar-refractivity contribution in [1.82, 2.24) is 0 Å². The minimum absolute atomic E-state index is 0.850. The molecule has 0 heterocycles. The lowest BCUT2D eigenvalue weighted by molar-refractivity contribution is 0.389.